The van der Waals surface area contributed by atoms with E-state index in [0.717, 1.165) is 29.7 Å². The number of nitrogens with zero attached hydrogens (tertiary/aromatic N) is 5. The molecule has 0 aromatic carbocycles. The quantitative estimate of drug-likeness (QED) is 0.626. The van der Waals surface area contributed by atoms with Crippen LogP contribution in [-0.4, -0.2) is 37.9 Å². The molecule has 7 nitrogen and oxygen atoms in total. The topological polar surface area (TPSA) is 75.0 Å². The fourth-order valence-corrected chi connectivity index (χ4v) is 3.53. The lowest BCUT2D eigenvalue weighted by Crippen LogP contribution is -2.14. The summed E-state index contributed by atoms with van der Waals surface area (Å²) in [5.41, 5.74) is 2.57. The van der Waals surface area contributed by atoms with Gasteiger partial charge in [-0.3, -0.25) is 0 Å². The summed E-state index contributed by atoms with van der Waals surface area (Å²) in [5.74, 6) is -0.00779. The Labute approximate surface area is 166 Å². The predicted molar refractivity (Wildman–Crippen MR) is 100 cm³/mol. The lowest BCUT2D eigenvalue weighted by molar-refractivity contribution is -0.0450. The average molecular weight is 404 g/mol. The zero-order valence-corrected chi connectivity index (χ0v) is 16.1. The first-order valence-corrected chi connectivity index (χ1v) is 9.46. The molecule has 3 aromatic heterocycles. The van der Waals surface area contributed by atoms with E-state index < -0.39 is 12.1 Å². The van der Waals surface area contributed by atoms with Crippen LogP contribution in [0.15, 0.2) is 30.7 Å². The molecule has 1 aliphatic heterocycles. The molecule has 1 aliphatic rings. The van der Waals surface area contributed by atoms with Crippen LogP contribution in [0.25, 0.3) is 11.5 Å². The van der Waals surface area contributed by atoms with Crippen LogP contribution in [0, 0.1) is 5.82 Å². The number of rotatable bonds is 6. The van der Waals surface area contributed by atoms with Gasteiger partial charge in [0, 0.05) is 18.6 Å². The lowest BCUT2D eigenvalue weighted by Gasteiger charge is -2.18. The fraction of sp³-hybridized carbons (Fsp3) is 0.368. The number of hydrogen-bond acceptors (Lipinski definition) is 6. The second kappa shape index (κ2) is 8.30. The SMILES string of the molecule is CCCc1c(Cn2ccnc2-c2ncccc2F)nnc(Cl)c1C1OCCO1. The van der Waals surface area contributed by atoms with E-state index in [4.69, 9.17) is 21.1 Å². The van der Waals surface area contributed by atoms with Crippen molar-refractivity contribution in [2.45, 2.75) is 32.6 Å². The van der Waals surface area contributed by atoms with Crippen LogP contribution < -0.4 is 0 Å². The van der Waals surface area contributed by atoms with Crippen LogP contribution in [-0.2, 0) is 22.4 Å². The van der Waals surface area contributed by atoms with Gasteiger partial charge in [0.2, 0.25) is 0 Å². The predicted octanol–water partition coefficient (Wildman–Crippen LogP) is 3.57. The second-order valence-corrected chi connectivity index (χ2v) is 6.72. The Hall–Kier alpha value is -2.42. The molecule has 0 spiro atoms. The van der Waals surface area contributed by atoms with E-state index in [1.165, 1.54) is 12.3 Å². The van der Waals surface area contributed by atoms with Gasteiger partial charge in [0.1, 0.15) is 5.69 Å². The highest BCUT2D eigenvalue weighted by molar-refractivity contribution is 6.30. The number of imidazole rings is 1. The first-order chi connectivity index (χ1) is 13.7. The molecular weight excluding hydrogens is 385 g/mol. The molecule has 0 radical (unpaired) electrons. The Morgan fingerprint density at radius 2 is 2.04 bits per heavy atom. The van der Waals surface area contributed by atoms with Gasteiger partial charge in [-0.1, -0.05) is 24.9 Å². The van der Waals surface area contributed by atoms with E-state index in [9.17, 15) is 4.39 Å². The van der Waals surface area contributed by atoms with E-state index >= 15 is 0 Å². The molecule has 0 saturated carbocycles. The summed E-state index contributed by atoms with van der Waals surface area (Å²) in [6.07, 6.45) is 5.99. The zero-order valence-electron chi connectivity index (χ0n) is 15.3. The van der Waals surface area contributed by atoms with E-state index in [2.05, 4.69) is 27.1 Å². The van der Waals surface area contributed by atoms with E-state index in [0.29, 0.717) is 25.6 Å². The van der Waals surface area contributed by atoms with E-state index in [1.54, 1.807) is 23.0 Å². The van der Waals surface area contributed by atoms with Gasteiger partial charge in [-0.05, 0) is 24.1 Å². The van der Waals surface area contributed by atoms with Crippen molar-refractivity contribution < 1.29 is 13.9 Å². The van der Waals surface area contributed by atoms with Gasteiger partial charge in [0.25, 0.3) is 0 Å². The van der Waals surface area contributed by atoms with Gasteiger partial charge >= 0.3 is 0 Å². The number of hydrogen-bond donors (Lipinski definition) is 0. The van der Waals surface area contributed by atoms with Crippen LogP contribution in [0.4, 0.5) is 4.39 Å². The lowest BCUT2D eigenvalue weighted by atomic mass is 10.0. The molecular formula is C19H19ClFN5O2. The standard InChI is InChI=1S/C19H19ClFN5O2/c1-2-4-12-14(24-25-17(20)15(12)19-27-9-10-28-19)11-26-8-7-23-18(26)16-13(21)5-3-6-22-16/h3,5-8,19H,2,4,9-11H2,1H3. The van der Waals surface area contributed by atoms with Gasteiger partial charge in [0.15, 0.2) is 23.1 Å². The Morgan fingerprint density at radius 3 is 2.79 bits per heavy atom. The summed E-state index contributed by atoms with van der Waals surface area (Å²) in [6, 6.07) is 2.91. The third-order valence-electron chi connectivity index (χ3n) is 4.52. The number of pyridine rings is 1. The first-order valence-electron chi connectivity index (χ1n) is 9.08. The van der Waals surface area contributed by atoms with Crippen LogP contribution in [0.3, 0.4) is 0 Å². The van der Waals surface area contributed by atoms with Crippen molar-refractivity contribution in [2.24, 2.45) is 0 Å². The smallest absolute Gasteiger partial charge is 0.187 e. The van der Waals surface area contributed by atoms with Gasteiger partial charge in [-0.2, -0.15) is 5.10 Å². The molecule has 0 atom stereocenters. The zero-order chi connectivity index (χ0) is 19.5. The molecule has 9 heteroatoms. The maximum Gasteiger partial charge on any atom is 0.187 e. The largest absolute Gasteiger partial charge is 0.346 e. The third-order valence-corrected chi connectivity index (χ3v) is 4.80. The maximum atomic E-state index is 14.2. The second-order valence-electron chi connectivity index (χ2n) is 6.37. The summed E-state index contributed by atoms with van der Waals surface area (Å²) in [6.45, 7) is 3.44. The molecule has 4 rings (SSSR count). The molecule has 0 unspecified atom stereocenters. The van der Waals surface area contributed by atoms with Crippen molar-refractivity contribution in [1.82, 2.24) is 24.7 Å². The summed E-state index contributed by atoms with van der Waals surface area (Å²) >= 11 is 6.33. The summed E-state index contributed by atoms with van der Waals surface area (Å²) < 4.78 is 27.3. The molecule has 0 amide bonds. The molecule has 3 aromatic rings. The molecule has 0 aliphatic carbocycles. The average Bonchev–Trinajstić information content (AvgIpc) is 3.37. The molecule has 0 N–H and O–H groups in total. The van der Waals surface area contributed by atoms with Gasteiger partial charge in [-0.25, -0.2) is 14.4 Å². The van der Waals surface area contributed by atoms with Gasteiger partial charge in [-0.15, -0.1) is 5.10 Å². The molecule has 1 fully saturated rings. The van der Waals surface area contributed by atoms with Crippen molar-refractivity contribution in [2.75, 3.05) is 13.2 Å². The molecule has 0 bridgehead atoms. The molecule has 28 heavy (non-hydrogen) atoms. The van der Waals surface area contributed by atoms with Crippen molar-refractivity contribution >= 4 is 11.6 Å². The highest BCUT2D eigenvalue weighted by Gasteiger charge is 2.27. The van der Waals surface area contributed by atoms with Crippen molar-refractivity contribution in [1.29, 1.82) is 0 Å². The monoisotopic (exact) mass is 403 g/mol. The van der Waals surface area contributed by atoms with Crippen LogP contribution in [0.5, 0.6) is 0 Å². The number of aromatic nitrogens is 5. The normalized spacial score (nSPS) is 14.7. The van der Waals surface area contributed by atoms with Gasteiger partial charge < -0.3 is 14.0 Å². The van der Waals surface area contributed by atoms with E-state index in [1.807, 2.05) is 0 Å². The minimum atomic E-state index is -0.543. The van der Waals surface area contributed by atoms with Crippen LogP contribution >= 0.6 is 11.6 Å². The Balaban J connectivity index is 1.74. The maximum absolute atomic E-state index is 14.2. The summed E-state index contributed by atoms with van der Waals surface area (Å²) in [7, 11) is 0. The fourth-order valence-electron chi connectivity index (χ4n) is 3.28. The summed E-state index contributed by atoms with van der Waals surface area (Å²) in [4.78, 5) is 8.39. The van der Waals surface area contributed by atoms with E-state index in [-0.39, 0.29) is 10.8 Å². The highest BCUT2D eigenvalue weighted by atomic mass is 35.5. The number of ether oxygens (including phenoxy) is 2. The highest BCUT2D eigenvalue weighted by Crippen LogP contribution is 2.33. The molecule has 4 heterocycles. The summed E-state index contributed by atoms with van der Waals surface area (Å²) in [5, 5.41) is 8.68. The Kier molecular flexibility index (Phi) is 5.61. The van der Waals surface area contributed by atoms with Crippen molar-refractivity contribution in [3.8, 4) is 11.5 Å². The third kappa shape index (κ3) is 3.63. The Morgan fingerprint density at radius 1 is 1.21 bits per heavy atom. The Bertz CT molecular complexity index is 975. The minimum Gasteiger partial charge on any atom is -0.346 e. The molecule has 1 saturated heterocycles. The minimum absolute atomic E-state index is 0.189. The van der Waals surface area contributed by atoms with Crippen molar-refractivity contribution in [3.05, 3.63) is 58.5 Å². The number of halogens is 2. The molecule has 146 valence electrons. The van der Waals surface area contributed by atoms with Crippen molar-refractivity contribution in [3.63, 3.8) is 0 Å². The van der Waals surface area contributed by atoms with Crippen LogP contribution in [0.1, 0.15) is 36.5 Å². The van der Waals surface area contributed by atoms with Crippen LogP contribution in [0.2, 0.25) is 5.15 Å². The first kappa shape index (κ1) is 18.9. The van der Waals surface area contributed by atoms with Gasteiger partial charge in [0.05, 0.1) is 31.0 Å².